The summed E-state index contributed by atoms with van der Waals surface area (Å²) < 4.78 is 5.46. The first-order valence-electron chi connectivity index (χ1n) is 9.77. The molecule has 0 atom stereocenters. The fourth-order valence-electron chi connectivity index (χ4n) is 3.58. The molecule has 0 radical (unpaired) electrons. The molecular weight excluding hydrogens is 398 g/mol. The summed E-state index contributed by atoms with van der Waals surface area (Å²) >= 11 is 1.46. The third-order valence-electron chi connectivity index (χ3n) is 5.18. The van der Waals surface area contributed by atoms with Crippen molar-refractivity contribution in [3.63, 3.8) is 0 Å². The molecule has 1 aliphatic rings. The summed E-state index contributed by atoms with van der Waals surface area (Å²) in [7, 11) is 1.67. The molecule has 0 spiro atoms. The highest BCUT2D eigenvalue weighted by Crippen LogP contribution is 2.29. The second-order valence-corrected chi connectivity index (χ2v) is 7.74. The molecule has 0 bridgehead atoms. The van der Waals surface area contributed by atoms with Gasteiger partial charge < -0.3 is 19.9 Å². The van der Waals surface area contributed by atoms with Crippen LogP contribution in [0.5, 0.6) is 5.75 Å². The predicted molar refractivity (Wildman–Crippen MR) is 120 cm³/mol. The third-order valence-corrected chi connectivity index (χ3v) is 5.87. The van der Waals surface area contributed by atoms with Gasteiger partial charge in [-0.2, -0.15) is 11.3 Å². The van der Waals surface area contributed by atoms with Crippen molar-refractivity contribution >= 4 is 34.5 Å². The second-order valence-electron chi connectivity index (χ2n) is 6.96. The number of para-hydroxylation sites is 3. The number of nitrogens with zero attached hydrogens (tertiary/aromatic N) is 2. The van der Waals surface area contributed by atoms with Gasteiger partial charge in [-0.25, -0.2) is 0 Å². The molecule has 6 nitrogen and oxygen atoms in total. The number of carbonyl (C=O) groups is 2. The van der Waals surface area contributed by atoms with Crippen LogP contribution < -0.4 is 15.0 Å². The first kappa shape index (κ1) is 20.0. The lowest BCUT2D eigenvalue weighted by atomic mass is 10.1. The van der Waals surface area contributed by atoms with Gasteiger partial charge in [0.15, 0.2) is 0 Å². The van der Waals surface area contributed by atoms with Gasteiger partial charge in [0, 0.05) is 31.6 Å². The SMILES string of the molecule is COc1ccccc1N1CCN(C(=O)c2ccccc2NC(=O)c2ccsc2)CC1. The first-order valence-corrected chi connectivity index (χ1v) is 10.7. The molecule has 7 heteroatoms. The molecule has 0 aliphatic carbocycles. The highest BCUT2D eigenvalue weighted by molar-refractivity contribution is 7.08. The molecule has 1 aliphatic heterocycles. The van der Waals surface area contributed by atoms with Crippen LogP contribution in [0.15, 0.2) is 65.4 Å². The van der Waals surface area contributed by atoms with Gasteiger partial charge in [0.05, 0.1) is 29.6 Å². The number of amides is 2. The first-order chi connectivity index (χ1) is 14.7. The Kier molecular flexibility index (Phi) is 5.99. The van der Waals surface area contributed by atoms with Crippen LogP contribution in [-0.2, 0) is 0 Å². The summed E-state index contributed by atoms with van der Waals surface area (Å²) in [6.45, 7) is 2.64. The van der Waals surface area contributed by atoms with Gasteiger partial charge in [0.1, 0.15) is 5.75 Å². The lowest BCUT2D eigenvalue weighted by Crippen LogP contribution is -2.49. The number of benzene rings is 2. The van der Waals surface area contributed by atoms with E-state index in [0.717, 1.165) is 24.5 Å². The maximum atomic E-state index is 13.2. The number of hydrogen-bond donors (Lipinski definition) is 1. The van der Waals surface area contributed by atoms with E-state index in [1.807, 2.05) is 46.7 Å². The number of thiophene rings is 1. The van der Waals surface area contributed by atoms with Crippen molar-refractivity contribution in [1.82, 2.24) is 4.90 Å². The average molecular weight is 422 g/mol. The van der Waals surface area contributed by atoms with Crippen molar-refractivity contribution in [2.75, 3.05) is 43.5 Å². The summed E-state index contributed by atoms with van der Waals surface area (Å²) in [5.41, 5.74) is 2.67. The minimum atomic E-state index is -0.211. The van der Waals surface area contributed by atoms with Crippen LogP contribution in [-0.4, -0.2) is 50.0 Å². The minimum Gasteiger partial charge on any atom is -0.495 e. The van der Waals surface area contributed by atoms with E-state index in [-0.39, 0.29) is 11.8 Å². The number of ether oxygens (including phenoxy) is 1. The van der Waals surface area contributed by atoms with E-state index in [4.69, 9.17) is 4.74 Å². The summed E-state index contributed by atoms with van der Waals surface area (Å²) in [4.78, 5) is 29.7. The Morgan fingerprint density at radius 2 is 1.70 bits per heavy atom. The van der Waals surface area contributed by atoms with E-state index in [1.54, 1.807) is 30.7 Å². The van der Waals surface area contributed by atoms with Crippen molar-refractivity contribution in [1.29, 1.82) is 0 Å². The van der Waals surface area contributed by atoms with E-state index >= 15 is 0 Å². The standard InChI is InChI=1S/C23H23N3O3S/c1-29-21-9-5-4-8-20(21)25-11-13-26(14-12-25)23(28)18-6-2-3-7-19(18)24-22(27)17-10-15-30-16-17/h2-10,15-16H,11-14H2,1H3,(H,24,27). The lowest BCUT2D eigenvalue weighted by molar-refractivity contribution is 0.0747. The van der Waals surface area contributed by atoms with E-state index in [1.165, 1.54) is 11.3 Å². The normalized spacial score (nSPS) is 13.8. The quantitative estimate of drug-likeness (QED) is 0.677. The predicted octanol–water partition coefficient (Wildman–Crippen LogP) is 3.97. The number of anilines is 2. The number of piperazine rings is 1. The van der Waals surface area contributed by atoms with Crippen LogP contribution in [0.3, 0.4) is 0 Å². The maximum Gasteiger partial charge on any atom is 0.256 e. The molecule has 4 rings (SSSR count). The van der Waals surface area contributed by atoms with Gasteiger partial charge in [0.25, 0.3) is 11.8 Å². The number of methoxy groups -OCH3 is 1. The van der Waals surface area contributed by atoms with Gasteiger partial charge in [-0.05, 0) is 35.7 Å². The highest BCUT2D eigenvalue weighted by atomic mass is 32.1. The molecule has 2 aromatic carbocycles. The van der Waals surface area contributed by atoms with Gasteiger partial charge in [-0.15, -0.1) is 0 Å². The monoisotopic (exact) mass is 421 g/mol. The van der Waals surface area contributed by atoms with Crippen LogP contribution in [0.2, 0.25) is 0 Å². The largest absolute Gasteiger partial charge is 0.495 e. The molecule has 3 aromatic rings. The van der Waals surface area contributed by atoms with Crippen molar-refractivity contribution in [3.05, 3.63) is 76.5 Å². The van der Waals surface area contributed by atoms with E-state index in [0.29, 0.717) is 29.9 Å². The zero-order chi connectivity index (χ0) is 20.9. The molecule has 1 aromatic heterocycles. The van der Waals surface area contributed by atoms with Gasteiger partial charge >= 0.3 is 0 Å². The van der Waals surface area contributed by atoms with Crippen LogP contribution >= 0.6 is 11.3 Å². The van der Waals surface area contributed by atoms with Crippen molar-refractivity contribution in [2.24, 2.45) is 0 Å². The molecular formula is C23H23N3O3S. The fourth-order valence-corrected chi connectivity index (χ4v) is 4.21. The Bertz CT molecular complexity index is 1030. The molecule has 2 heterocycles. The maximum absolute atomic E-state index is 13.2. The van der Waals surface area contributed by atoms with Gasteiger partial charge in [0.2, 0.25) is 0 Å². The zero-order valence-corrected chi connectivity index (χ0v) is 17.5. The lowest BCUT2D eigenvalue weighted by Gasteiger charge is -2.36. The third kappa shape index (κ3) is 4.16. The topological polar surface area (TPSA) is 61.9 Å². The Balaban J connectivity index is 1.45. The Labute approximate surface area is 179 Å². The molecule has 1 fully saturated rings. The van der Waals surface area contributed by atoms with Crippen LogP contribution in [0, 0.1) is 0 Å². The van der Waals surface area contributed by atoms with Crippen LogP contribution in [0.1, 0.15) is 20.7 Å². The average Bonchev–Trinajstić information content (AvgIpc) is 3.34. The van der Waals surface area contributed by atoms with E-state index in [2.05, 4.69) is 10.2 Å². The second kappa shape index (κ2) is 9.00. The van der Waals surface area contributed by atoms with Crippen LogP contribution in [0.4, 0.5) is 11.4 Å². The summed E-state index contributed by atoms with van der Waals surface area (Å²) in [5, 5.41) is 6.52. The molecule has 30 heavy (non-hydrogen) atoms. The molecule has 1 saturated heterocycles. The Morgan fingerprint density at radius 3 is 2.43 bits per heavy atom. The molecule has 2 amide bonds. The summed E-state index contributed by atoms with van der Waals surface area (Å²) in [6.07, 6.45) is 0. The van der Waals surface area contributed by atoms with Crippen molar-refractivity contribution in [2.45, 2.75) is 0 Å². The van der Waals surface area contributed by atoms with Crippen LogP contribution in [0.25, 0.3) is 0 Å². The molecule has 0 unspecified atom stereocenters. The number of carbonyl (C=O) groups excluding carboxylic acids is 2. The Hall–Kier alpha value is -3.32. The van der Waals surface area contributed by atoms with Crippen molar-refractivity contribution in [3.8, 4) is 5.75 Å². The minimum absolute atomic E-state index is 0.0732. The van der Waals surface area contributed by atoms with Crippen molar-refractivity contribution < 1.29 is 14.3 Å². The van der Waals surface area contributed by atoms with E-state index in [9.17, 15) is 9.59 Å². The number of nitrogens with one attached hydrogen (secondary N) is 1. The molecule has 154 valence electrons. The molecule has 0 saturated carbocycles. The van der Waals surface area contributed by atoms with E-state index < -0.39 is 0 Å². The van der Waals surface area contributed by atoms with Gasteiger partial charge in [-0.1, -0.05) is 24.3 Å². The zero-order valence-electron chi connectivity index (χ0n) is 16.7. The highest BCUT2D eigenvalue weighted by Gasteiger charge is 2.25. The summed E-state index contributed by atoms with van der Waals surface area (Å²) in [6, 6.07) is 16.8. The molecule has 1 N–H and O–H groups in total. The Morgan fingerprint density at radius 1 is 0.967 bits per heavy atom. The smallest absolute Gasteiger partial charge is 0.256 e. The van der Waals surface area contributed by atoms with Gasteiger partial charge in [-0.3, -0.25) is 9.59 Å². The fraction of sp³-hybridized carbons (Fsp3) is 0.217. The number of rotatable bonds is 5. The number of hydrogen-bond acceptors (Lipinski definition) is 5. The summed E-state index contributed by atoms with van der Waals surface area (Å²) in [5.74, 6) is 0.548.